The summed E-state index contributed by atoms with van der Waals surface area (Å²) in [6, 6.07) is 21.7. The van der Waals surface area contributed by atoms with Crippen LogP contribution in [0.15, 0.2) is 82.0 Å². The van der Waals surface area contributed by atoms with Crippen molar-refractivity contribution in [3.05, 3.63) is 105 Å². The van der Waals surface area contributed by atoms with E-state index in [4.69, 9.17) is 13.9 Å². The van der Waals surface area contributed by atoms with E-state index < -0.39 is 6.04 Å². The van der Waals surface area contributed by atoms with Crippen LogP contribution in [0.4, 0.5) is 0 Å². The van der Waals surface area contributed by atoms with Gasteiger partial charge in [-0.25, -0.2) is 0 Å². The standard InChI is InChI=1S/C26H21NO5/c1-27-23(22-24(28)18-10-6-7-11-19(18)32-25(22)26(27)29)17-12-13-20(21(14-17)30-2)31-15-16-8-4-3-5-9-16/h3-14,23H,15H2,1-2H3/t23-/m0/s1. The van der Waals surface area contributed by atoms with Crippen molar-refractivity contribution >= 4 is 16.9 Å². The van der Waals surface area contributed by atoms with Crippen molar-refractivity contribution in [1.29, 1.82) is 0 Å². The minimum absolute atomic E-state index is 0.0876. The van der Waals surface area contributed by atoms with Crippen molar-refractivity contribution in [2.75, 3.05) is 14.2 Å². The molecule has 160 valence electrons. The highest BCUT2D eigenvalue weighted by Gasteiger charge is 2.40. The molecular formula is C26H21NO5. The molecule has 6 nitrogen and oxygen atoms in total. The molecule has 6 heteroatoms. The first-order valence-corrected chi connectivity index (χ1v) is 10.3. The highest BCUT2D eigenvalue weighted by atomic mass is 16.5. The molecule has 0 aliphatic carbocycles. The van der Waals surface area contributed by atoms with E-state index in [1.165, 1.54) is 4.90 Å². The maximum Gasteiger partial charge on any atom is 0.290 e. The van der Waals surface area contributed by atoms with Gasteiger partial charge < -0.3 is 18.8 Å². The van der Waals surface area contributed by atoms with Crippen LogP contribution in [0.3, 0.4) is 0 Å². The van der Waals surface area contributed by atoms with Gasteiger partial charge in [0.25, 0.3) is 5.91 Å². The van der Waals surface area contributed by atoms with Gasteiger partial charge in [0.2, 0.25) is 5.76 Å². The molecule has 2 heterocycles. The number of methoxy groups -OCH3 is 1. The molecule has 0 spiro atoms. The molecule has 32 heavy (non-hydrogen) atoms. The van der Waals surface area contributed by atoms with Crippen LogP contribution in [-0.2, 0) is 6.61 Å². The lowest BCUT2D eigenvalue weighted by Crippen LogP contribution is -2.25. The number of rotatable bonds is 5. The minimum Gasteiger partial charge on any atom is -0.493 e. The second kappa shape index (κ2) is 7.89. The van der Waals surface area contributed by atoms with E-state index in [9.17, 15) is 9.59 Å². The van der Waals surface area contributed by atoms with Gasteiger partial charge in [0, 0.05) is 7.05 Å². The molecular weight excluding hydrogens is 406 g/mol. The van der Waals surface area contributed by atoms with Crippen LogP contribution in [0.2, 0.25) is 0 Å². The number of carbonyl (C=O) groups is 1. The first-order chi connectivity index (χ1) is 15.6. The molecule has 1 aromatic heterocycles. The van der Waals surface area contributed by atoms with E-state index in [1.807, 2.05) is 36.4 Å². The molecule has 0 saturated carbocycles. The number of amides is 1. The molecule has 3 aromatic carbocycles. The zero-order valence-electron chi connectivity index (χ0n) is 17.7. The predicted molar refractivity (Wildman–Crippen MR) is 120 cm³/mol. The highest BCUT2D eigenvalue weighted by molar-refractivity contribution is 5.98. The quantitative estimate of drug-likeness (QED) is 0.467. The Morgan fingerprint density at radius 2 is 1.69 bits per heavy atom. The zero-order chi connectivity index (χ0) is 22.2. The second-order valence-corrected chi connectivity index (χ2v) is 7.67. The Kier molecular flexibility index (Phi) is 4.90. The number of benzene rings is 3. The molecule has 0 bridgehead atoms. The van der Waals surface area contributed by atoms with Gasteiger partial charge in [-0.05, 0) is 35.4 Å². The summed E-state index contributed by atoms with van der Waals surface area (Å²) in [5.74, 6) is 0.872. The third-order valence-electron chi connectivity index (χ3n) is 5.75. The van der Waals surface area contributed by atoms with Crippen molar-refractivity contribution in [2.24, 2.45) is 0 Å². The van der Waals surface area contributed by atoms with Gasteiger partial charge in [-0.1, -0.05) is 48.5 Å². The van der Waals surface area contributed by atoms with Crippen LogP contribution in [0.1, 0.15) is 33.3 Å². The number of hydrogen-bond acceptors (Lipinski definition) is 5. The summed E-state index contributed by atoms with van der Waals surface area (Å²) >= 11 is 0. The van der Waals surface area contributed by atoms with Gasteiger partial charge in [0.1, 0.15) is 12.2 Å². The van der Waals surface area contributed by atoms with Crippen LogP contribution >= 0.6 is 0 Å². The van der Waals surface area contributed by atoms with Crippen molar-refractivity contribution < 1.29 is 18.7 Å². The average Bonchev–Trinajstić information content (AvgIpc) is 3.09. The fourth-order valence-corrected chi connectivity index (χ4v) is 4.13. The molecule has 4 aromatic rings. The summed E-state index contributed by atoms with van der Waals surface area (Å²) in [5, 5.41) is 0.453. The number of ether oxygens (including phenoxy) is 2. The van der Waals surface area contributed by atoms with Gasteiger partial charge in [-0.3, -0.25) is 9.59 Å². The number of fused-ring (bicyclic) bond motifs is 2. The second-order valence-electron chi connectivity index (χ2n) is 7.67. The third kappa shape index (κ3) is 3.21. The lowest BCUT2D eigenvalue weighted by Gasteiger charge is -2.21. The Morgan fingerprint density at radius 1 is 0.938 bits per heavy atom. The molecule has 0 saturated heterocycles. The summed E-state index contributed by atoms with van der Waals surface area (Å²) in [5.41, 5.74) is 2.33. The molecule has 1 amide bonds. The fraction of sp³-hybridized carbons (Fsp3) is 0.154. The summed E-state index contributed by atoms with van der Waals surface area (Å²) in [6.07, 6.45) is 0. The van der Waals surface area contributed by atoms with Gasteiger partial charge in [0.05, 0.1) is 24.1 Å². The lowest BCUT2D eigenvalue weighted by atomic mass is 9.98. The first-order valence-electron chi connectivity index (χ1n) is 10.3. The molecule has 1 aliphatic heterocycles. The average molecular weight is 427 g/mol. The Labute approximate surface area is 184 Å². The van der Waals surface area contributed by atoms with Crippen molar-refractivity contribution in [3.8, 4) is 11.5 Å². The molecule has 1 aliphatic rings. The van der Waals surface area contributed by atoms with Crippen molar-refractivity contribution in [2.45, 2.75) is 12.6 Å². The van der Waals surface area contributed by atoms with Gasteiger partial charge in [0.15, 0.2) is 16.9 Å². The van der Waals surface area contributed by atoms with E-state index in [0.29, 0.717) is 34.6 Å². The van der Waals surface area contributed by atoms with Crippen LogP contribution in [-0.4, -0.2) is 25.0 Å². The monoisotopic (exact) mass is 427 g/mol. The molecule has 0 unspecified atom stereocenters. The Balaban J connectivity index is 1.55. The molecule has 0 radical (unpaired) electrons. The van der Waals surface area contributed by atoms with Crippen LogP contribution in [0.25, 0.3) is 11.0 Å². The highest BCUT2D eigenvalue weighted by Crippen LogP contribution is 2.40. The smallest absolute Gasteiger partial charge is 0.290 e. The number of para-hydroxylation sites is 1. The fourth-order valence-electron chi connectivity index (χ4n) is 4.13. The molecule has 1 atom stereocenters. The van der Waals surface area contributed by atoms with E-state index >= 15 is 0 Å². The van der Waals surface area contributed by atoms with Gasteiger partial charge >= 0.3 is 0 Å². The largest absolute Gasteiger partial charge is 0.493 e. The van der Waals surface area contributed by atoms with E-state index in [2.05, 4.69) is 0 Å². The van der Waals surface area contributed by atoms with Gasteiger partial charge in [-0.15, -0.1) is 0 Å². The van der Waals surface area contributed by atoms with Crippen LogP contribution in [0.5, 0.6) is 11.5 Å². The zero-order valence-corrected chi connectivity index (χ0v) is 17.7. The maximum absolute atomic E-state index is 13.3. The normalized spacial score (nSPS) is 15.1. The summed E-state index contributed by atoms with van der Waals surface area (Å²) in [4.78, 5) is 27.7. The van der Waals surface area contributed by atoms with Crippen LogP contribution in [0, 0.1) is 0 Å². The van der Waals surface area contributed by atoms with Crippen molar-refractivity contribution in [3.63, 3.8) is 0 Å². The third-order valence-corrected chi connectivity index (χ3v) is 5.75. The predicted octanol–water partition coefficient (Wildman–Crippen LogP) is 4.56. The summed E-state index contributed by atoms with van der Waals surface area (Å²) < 4.78 is 17.3. The Morgan fingerprint density at radius 3 is 2.47 bits per heavy atom. The number of nitrogens with zero attached hydrogens (tertiary/aromatic N) is 1. The number of hydrogen-bond donors (Lipinski definition) is 0. The molecule has 0 fully saturated rings. The lowest BCUT2D eigenvalue weighted by molar-refractivity contribution is 0.0771. The topological polar surface area (TPSA) is 69.0 Å². The Hall–Kier alpha value is -4.06. The number of carbonyl (C=O) groups excluding carboxylic acids is 1. The Bertz CT molecular complexity index is 1380. The van der Waals surface area contributed by atoms with Crippen LogP contribution < -0.4 is 14.9 Å². The first kappa shape index (κ1) is 19.9. The maximum atomic E-state index is 13.3. The van der Waals surface area contributed by atoms with Gasteiger partial charge in [-0.2, -0.15) is 0 Å². The van der Waals surface area contributed by atoms with E-state index in [-0.39, 0.29) is 17.1 Å². The van der Waals surface area contributed by atoms with E-state index in [1.54, 1.807) is 50.6 Å². The molecule has 0 N–H and O–H groups in total. The minimum atomic E-state index is -0.574. The summed E-state index contributed by atoms with van der Waals surface area (Å²) in [6.45, 7) is 0.400. The van der Waals surface area contributed by atoms with E-state index in [0.717, 1.165) is 11.1 Å². The molecule has 5 rings (SSSR count). The van der Waals surface area contributed by atoms with Crippen molar-refractivity contribution in [1.82, 2.24) is 4.90 Å². The SMILES string of the molecule is COc1cc([C@H]2c3c(oc4ccccc4c3=O)C(=O)N2C)ccc1OCc1ccccc1. The summed E-state index contributed by atoms with van der Waals surface area (Å²) in [7, 11) is 3.23.